The maximum Gasteiger partial charge on any atom is 0.355 e. The Labute approximate surface area is 246 Å². The van der Waals surface area contributed by atoms with Gasteiger partial charge in [0.25, 0.3) is 5.91 Å². The molecule has 4 aromatic rings. The van der Waals surface area contributed by atoms with E-state index in [0.29, 0.717) is 5.69 Å². The topological polar surface area (TPSA) is 170 Å². The third-order valence-corrected chi connectivity index (χ3v) is 7.32. The molecule has 1 fully saturated rings. The SMILES string of the molecule is CO[C@@H]1[C@@H](OC(=O)c2ccc(C)[nH]2)[C@@H](O)[C@H](Oc2ccc3c(O)c(C(=O)Nc4ccccc4)c(=O)oc3c2C)OC1(C)C. The van der Waals surface area contributed by atoms with E-state index in [0.717, 1.165) is 5.69 Å². The number of anilines is 1. The second-order valence-corrected chi connectivity index (χ2v) is 10.8. The maximum atomic E-state index is 12.9. The van der Waals surface area contributed by atoms with E-state index >= 15 is 0 Å². The third kappa shape index (κ3) is 5.72. The zero-order chi connectivity index (χ0) is 31.1. The lowest BCUT2D eigenvalue weighted by Gasteiger charge is -2.47. The predicted molar refractivity (Wildman–Crippen MR) is 154 cm³/mol. The molecule has 12 heteroatoms. The van der Waals surface area contributed by atoms with Gasteiger partial charge in [-0.2, -0.15) is 0 Å². The van der Waals surface area contributed by atoms with Gasteiger partial charge in [0.1, 0.15) is 28.9 Å². The number of aliphatic hydroxyl groups excluding tert-OH is 1. The van der Waals surface area contributed by atoms with E-state index < -0.39 is 59.0 Å². The summed E-state index contributed by atoms with van der Waals surface area (Å²) in [6, 6.07) is 14.6. The number of H-pyrrole nitrogens is 1. The molecule has 43 heavy (non-hydrogen) atoms. The van der Waals surface area contributed by atoms with Crippen LogP contribution >= 0.6 is 0 Å². The minimum Gasteiger partial charge on any atom is -0.506 e. The lowest BCUT2D eigenvalue weighted by molar-refractivity contribution is -0.305. The molecule has 1 saturated heterocycles. The van der Waals surface area contributed by atoms with E-state index in [1.165, 1.54) is 19.2 Å². The number of aryl methyl sites for hydroxylation is 2. The highest BCUT2D eigenvalue weighted by Gasteiger charge is 2.53. The molecule has 0 bridgehead atoms. The highest BCUT2D eigenvalue weighted by Crippen LogP contribution is 2.38. The van der Waals surface area contributed by atoms with Crippen molar-refractivity contribution in [2.45, 2.75) is 57.9 Å². The molecule has 2 aromatic heterocycles. The first-order valence-corrected chi connectivity index (χ1v) is 13.5. The number of aromatic hydroxyl groups is 1. The van der Waals surface area contributed by atoms with E-state index in [4.69, 9.17) is 23.4 Å². The van der Waals surface area contributed by atoms with Crippen LogP contribution in [0.4, 0.5) is 5.69 Å². The molecule has 0 aliphatic carbocycles. The largest absolute Gasteiger partial charge is 0.506 e. The van der Waals surface area contributed by atoms with Crippen LogP contribution in [0.2, 0.25) is 0 Å². The highest BCUT2D eigenvalue weighted by atomic mass is 16.7. The Kier molecular flexibility index (Phi) is 8.02. The van der Waals surface area contributed by atoms with Crippen molar-refractivity contribution in [2.75, 3.05) is 12.4 Å². The van der Waals surface area contributed by atoms with Crippen molar-refractivity contribution >= 4 is 28.5 Å². The fourth-order valence-electron chi connectivity index (χ4n) is 5.15. The number of amides is 1. The van der Waals surface area contributed by atoms with Crippen molar-refractivity contribution in [3.8, 4) is 11.5 Å². The van der Waals surface area contributed by atoms with Gasteiger partial charge in [0.2, 0.25) is 6.29 Å². The maximum absolute atomic E-state index is 12.9. The van der Waals surface area contributed by atoms with Gasteiger partial charge >= 0.3 is 11.6 Å². The van der Waals surface area contributed by atoms with E-state index in [1.807, 2.05) is 0 Å². The lowest BCUT2D eigenvalue weighted by Crippen LogP contribution is -2.65. The summed E-state index contributed by atoms with van der Waals surface area (Å²) >= 11 is 0. The van der Waals surface area contributed by atoms with E-state index in [2.05, 4.69) is 10.3 Å². The number of carbonyl (C=O) groups excluding carboxylic acids is 2. The summed E-state index contributed by atoms with van der Waals surface area (Å²) in [5, 5.41) is 24.8. The molecule has 0 radical (unpaired) electrons. The average Bonchev–Trinajstić information content (AvgIpc) is 3.40. The van der Waals surface area contributed by atoms with Crippen molar-refractivity contribution in [2.24, 2.45) is 0 Å². The predicted octanol–water partition coefficient (Wildman–Crippen LogP) is 3.81. The zero-order valence-corrected chi connectivity index (χ0v) is 24.2. The van der Waals surface area contributed by atoms with Crippen LogP contribution in [0.25, 0.3) is 11.0 Å². The van der Waals surface area contributed by atoms with Gasteiger partial charge < -0.3 is 43.9 Å². The van der Waals surface area contributed by atoms with Crippen LogP contribution in [0, 0.1) is 13.8 Å². The van der Waals surface area contributed by atoms with Crippen LogP contribution in [-0.4, -0.2) is 64.4 Å². The third-order valence-electron chi connectivity index (χ3n) is 7.32. The molecule has 3 heterocycles. The number of aromatic amines is 1. The lowest BCUT2D eigenvalue weighted by atomic mass is 9.89. The Bertz CT molecular complexity index is 1730. The molecule has 226 valence electrons. The Morgan fingerprint density at radius 1 is 1.05 bits per heavy atom. The van der Waals surface area contributed by atoms with Gasteiger partial charge in [0.15, 0.2) is 17.8 Å². The number of benzene rings is 2. The number of fused-ring (bicyclic) bond motifs is 1. The molecule has 0 unspecified atom stereocenters. The van der Waals surface area contributed by atoms with Gasteiger partial charge in [0.05, 0.1) is 11.0 Å². The summed E-state index contributed by atoms with van der Waals surface area (Å²) in [7, 11) is 1.42. The number of carbonyl (C=O) groups is 2. The van der Waals surface area contributed by atoms with Gasteiger partial charge in [0, 0.05) is 24.1 Å². The van der Waals surface area contributed by atoms with Gasteiger partial charge in [-0.15, -0.1) is 0 Å². The number of aromatic nitrogens is 1. The first-order valence-electron chi connectivity index (χ1n) is 13.5. The van der Waals surface area contributed by atoms with Crippen LogP contribution in [-0.2, 0) is 14.2 Å². The Morgan fingerprint density at radius 3 is 2.42 bits per heavy atom. The smallest absolute Gasteiger partial charge is 0.355 e. The molecule has 0 saturated carbocycles. The first kappa shape index (κ1) is 29.8. The number of rotatable bonds is 7. The van der Waals surface area contributed by atoms with Crippen LogP contribution in [0.3, 0.4) is 0 Å². The normalized spacial score (nSPS) is 21.3. The van der Waals surface area contributed by atoms with Gasteiger partial charge in [-0.1, -0.05) is 18.2 Å². The number of hydrogen-bond acceptors (Lipinski definition) is 10. The Morgan fingerprint density at radius 2 is 1.77 bits per heavy atom. The number of hydrogen-bond donors (Lipinski definition) is 4. The molecular weight excluding hydrogens is 560 g/mol. The van der Waals surface area contributed by atoms with Crippen molar-refractivity contribution in [1.82, 2.24) is 4.98 Å². The molecule has 12 nitrogen and oxygen atoms in total. The Balaban J connectivity index is 1.43. The number of methoxy groups -OCH3 is 1. The van der Waals surface area contributed by atoms with Crippen LogP contribution in [0.1, 0.15) is 46.0 Å². The van der Waals surface area contributed by atoms with E-state index in [9.17, 15) is 24.6 Å². The van der Waals surface area contributed by atoms with E-state index in [1.54, 1.807) is 70.2 Å². The molecule has 1 amide bonds. The fraction of sp³-hybridized carbons (Fsp3) is 0.323. The van der Waals surface area contributed by atoms with Crippen molar-refractivity contribution < 1.29 is 43.2 Å². The average molecular weight is 593 g/mol. The Hall–Kier alpha value is -4.65. The van der Waals surface area contributed by atoms with Gasteiger partial charge in [-0.25, -0.2) is 9.59 Å². The minimum absolute atomic E-state index is 0.0271. The van der Waals surface area contributed by atoms with Crippen molar-refractivity contribution in [1.29, 1.82) is 0 Å². The molecule has 2 aromatic carbocycles. The second kappa shape index (κ2) is 11.6. The molecule has 4 N–H and O–H groups in total. The summed E-state index contributed by atoms with van der Waals surface area (Å²) in [5.74, 6) is -1.93. The van der Waals surface area contributed by atoms with E-state index in [-0.39, 0.29) is 28.0 Å². The number of ether oxygens (including phenoxy) is 4. The van der Waals surface area contributed by atoms with Crippen molar-refractivity contribution in [3.05, 3.63) is 87.5 Å². The summed E-state index contributed by atoms with van der Waals surface area (Å²) < 4.78 is 28.8. The molecular formula is C31H32N2O10. The second-order valence-electron chi connectivity index (χ2n) is 10.8. The number of nitrogens with one attached hydrogen (secondary N) is 2. The zero-order valence-electron chi connectivity index (χ0n) is 24.2. The summed E-state index contributed by atoms with van der Waals surface area (Å²) in [6.45, 7) is 6.77. The fourth-order valence-corrected chi connectivity index (χ4v) is 5.15. The number of aliphatic hydroxyl groups is 1. The van der Waals surface area contributed by atoms with Crippen LogP contribution < -0.4 is 15.7 Å². The summed E-state index contributed by atoms with van der Waals surface area (Å²) in [4.78, 5) is 41.4. The van der Waals surface area contributed by atoms with Gasteiger partial charge in [-0.05, 0) is 64.1 Å². The van der Waals surface area contributed by atoms with Crippen molar-refractivity contribution in [3.63, 3.8) is 0 Å². The quantitative estimate of drug-likeness (QED) is 0.183. The van der Waals surface area contributed by atoms with Gasteiger partial charge in [-0.3, -0.25) is 4.79 Å². The molecule has 1 aliphatic heterocycles. The molecule has 0 spiro atoms. The monoisotopic (exact) mass is 592 g/mol. The molecule has 5 rings (SSSR count). The summed E-state index contributed by atoms with van der Waals surface area (Å²) in [5.41, 5.74) is -1.02. The number of para-hydroxylation sites is 1. The molecule has 4 atom stereocenters. The van der Waals surface area contributed by atoms with Crippen LogP contribution in [0.15, 0.2) is 63.8 Å². The first-order chi connectivity index (χ1) is 20.4. The number of esters is 1. The highest BCUT2D eigenvalue weighted by molar-refractivity contribution is 6.08. The van der Waals surface area contributed by atoms with Crippen LogP contribution in [0.5, 0.6) is 11.5 Å². The molecule has 1 aliphatic rings. The minimum atomic E-state index is -1.49. The standard InChI is InChI=1S/C31H32N2O10/c1-15-11-13-19(32-15)28(37)42-25-23(35)30(43-31(3,4)26(25)39-5)40-20-14-12-18-22(34)21(29(38)41-24(18)16(20)2)27(36)33-17-9-7-6-8-10-17/h6-14,23,25-26,30,32,34-35H,1-5H3,(H,33,36)/t23-,25+,26-,30-/m1/s1. The summed E-state index contributed by atoms with van der Waals surface area (Å²) in [6.07, 6.45) is -4.85.